The van der Waals surface area contributed by atoms with E-state index in [1.165, 1.54) is 0 Å². The van der Waals surface area contributed by atoms with Gasteiger partial charge in [-0.05, 0) is 23.8 Å². The number of ether oxygens (including phenoxy) is 1. The predicted octanol–water partition coefficient (Wildman–Crippen LogP) is 1.40. The van der Waals surface area contributed by atoms with Crippen LogP contribution in [0.1, 0.15) is 28.4 Å². The second-order valence-electron chi connectivity index (χ2n) is 5.24. The van der Waals surface area contributed by atoms with Gasteiger partial charge in [-0.3, -0.25) is 9.59 Å². The van der Waals surface area contributed by atoms with Crippen LogP contribution >= 0.6 is 0 Å². The van der Waals surface area contributed by atoms with Crippen molar-refractivity contribution < 1.29 is 19.4 Å². The molecule has 2 amide bonds. The molecule has 0 aliphatic carbocycles. The molecule has 2 aromatic rings. The number of amides is 2. The molecular formula is C18H20N2O4. The Morgan fingerprint density at radius 3 is 2.58 bits per heavy atom. The molecule has 0 bridgehead atoms. The lowest BCUT2D eigenvalue weighted by Crippen LogP contribution is -2.33. The first-order valence-electron chi connectivity index (χ1n) is 7.58. The van der Waals surface area contributed by atoms with Crippen LogP contribution in [0.5, 0.6) is 5.75 Å². The number of benzene rings is 2. The summed E-state index contributed by atoms with van der Waals surface area (Å²) in [6.45, 7) is 0.0929. The lowest BCUT2D eigenvalue weighted by Gasteiger charge is -2.12. The van der Waals surface area contributed by atoms with E-state index in [-0.39, 0.29) is 6.54 Å². The van der Waals surface area contributed by atoms with Gasteiger partial charge in [-0.1, -0.05) is 36.4 Å². The summed E-state index contributed by atoms with van der Waals surface area (Å²) in [5.41, 5.74) is 6.20. The van der Waals surface area contributed by atoms with Crippen LogP contribution in [0.4, 0.5) is 0 Å². The molecule has 0 heterocycles. The molecule has 0 aliphatic heterocycles. The van der Waals surface area contributed by atoms with Crippen molar-refractivity contribution in [3.8, 4) is 5.75 Å². The van der Waals surface area contributed by atoms with E-state index in [0.29, 0.717) is 24.3 Å². The summed E-state index contributed by atoms with van der Waals surface area (Å²) < 4.78 is 5.58. The topological polar surface area (TPSA) is 102 Å². The Morgan fingerprint density at radius 2 is 1.88 bits per heavy atom. The smallest absolute Gasteiger partial charge is 0.251 e. The summed E-state index contributed by atoms with van der Waals surface area (Å²) >= 11 is 0. The molecule has 6 nitrogen and oxygen atoms in total. The maximum atomic E-state index is 11.9. The maximum Gasteiger partial charge on any atom is 0.251 e. The third-order valence-corrected chi connectivity index (χ3v) is 3.36. The predicted molar refractivity (Wildman–Crippen MR) is 89.5 cm³/mol. The number of hydrogen-bond donors (Lipinski definition) is 3. The van der Waals surface area contributed by atoms with E-state index in [0.717, 1.165) is 5.56 Å². The minimum absolute atomic E-state index is 0.215. The Hall–Kier alpha value is -2.86. The number of primary amides is 1. The molecule has 2 rings (SSSR count). The molecule has 0 aromatic heterocycles. The molecule has 0 fully saturated rings. The van der Waals surface area contributed by atoms with E-state index in [4.69, 9.17) is 10.5 Å². The number of nitrogens with one attached hydrogen (secondary N) is 1. The van der Waals surface area contributed by atoms with Gasteiger partial charge in [-0.25, -0.2) is 0 Å². The largest absolute Gasteiger partial charge is 0.493 e. The zero-order valence-electron chi connectivity index (χ0n) is 13.1. The summed E-state index contributed by atoms with van der Waals surface area (Å²) in [6, 6.07) is 15.9. The second kappa shape index (κ2) is 8.69. The fourth-order valence-electron chi connectivity index (χ4n) is 2.13. The zero-order chi connectivity index (χ0) is 17.4. The Morgan fingerprint density at radius 1 is 1.12 bits per heavy atom. The van der Waals surface area contributed by atoms with Gasteiger partial charge in [0, 0.05) is 12.0 Å². The monoisotopic (exact) mass is 328 g/mol. The van der Waals surface area contributed by atoms with Crippen molar-refractivity contribution in [2.24, 2.45) is 5.73 Å². The summed E-state index contributed by atoms with van der Waals surface area (Å²) in [5, 5.41) is 12.5. The van der Waals surface area contributed by atoms with Crippen molar-refractivity contribution >= 4 is 11.8 Å². The Balaban J connectivity index is 1.86. The van der Waals surface area contributed by atoms with Crippen LogP contribution in [0.25, 0.3) is 0 Å². The third kappa shape index (κ3) is 5.40. The third-order valence-electron chi connectivity index (χ3n) is 3.36. The molecule has 0 aliphatic rings. The van der Waals surface area contributed by atoms with Crippen LogP contribution in [0, 0.1) is 0 Å². The van der Waals surface area contributed by atoms with Crippen molar-refractivity contribution in [1.29, 1.82) is 0 Å². The molecule has 2 aromatic carbocycles. The second-order valence-corrected chi connectivity index (χ2v) is 5.24. The molecule has 6 heteroatoms. The average molecular weight is 328 g/mol. The van der Waals surface area contributed by atoms with Crippen molar-refractivity contribution in [3.05, 3.63) is 65.7 Å². The molecule has 24 heavy (non-hydrogen) atoms. The maximum absolute atomic E-state index is 11.9. The van der Waals surface area contributed by atoms with Crippen molar-refractivity contribution in [3.63, 3.8) is 0 Å². The van der Waals surface area contributed by atoms with E-state index in [9.17, 15) is 14.7 Å². The number of rotatable bonds is 8. The van der Waals surface area contributed by atoms with Gasteiger partial charge in [0.25, 0.3) is 5.91 Å². The molecular weight excluding hydrogens is 308 g/mol. The Kier molecular flexibility index (Phi) is 6.33. The Bertz CT molecular complexity index is 688. The first-order chi connectivity index (χ1) is 11.6. The lowest BCUT2D eigenvalue weighted by molar-refractivity contribution is -0.117. The normalized spacial score (nSPS) is 11.5. The first-order valence-corrected chi connectivity index (χ1v) is 7.58. The van der Waals surface area contributed by atoms with Crippen molar-refractivity contribution in [2.75, 3.05) is 13.2 Å². The number of hydrogen-bond acceptors (Lipinski definition) is 4. The lowest BCUT2D eigenvalue weighted by atomic mass is 10.1. The fraction of sp³-hybridized carbons (Fsp3) is 0.222. The quantitative estimate of drug-likeness (QED) is 0.682. The minimum atomic E-state index is -0.606. The van der Waals surface area contributed by atoms with Crippen molar-refractivity contribution in [2.45, 2.75) is 12.5 Å². The standard InChI is InChI=1S/C18H20N2O4/c19-17(22)12-20-18(23)14-7-4-8-15(11-14)24-10-9-16(21)13-5-2-1-3-6-13/h1-8,11,16,21H,9-10,12H2,(H2,19,22)(H,20,23)/t16-/m0/s1. The highest BCUT2D eigenvalue weighted by Crippen LogP contribution is 2.18. The number of aliphatic hydroxyl groups excluding tert-OH is 1. The summed E-state index contributed by atoms with van der Waals surface area (Å²) in [4.78, 5) is 22.5. The summed E-state index contributed by atoms with van der Waals surface area (Å²) in [6.07, 6.45) is -0.171. The van der Waals surface area contributed by atoms with Crippen LogP contribution in [0.3, 0.4) is 0 Å². The molecule has 4 N–H and O–H groups in total. The molecule has 0 saturated carbocycles. The molecule has 0 unspecified atom stereocenters. The highest BCUT2D eigenvalue weighted by Gasteiger charge is 2.09. The van der Waals surface area contributed by atoms with E-state index >= 15 is 0 Å². The summed E-state index contributed by atoms with van der Waals surface area (Å²) in [5.74, 6) is -0.490. The Labute approximate surface area is 140 Å². The summed E-state index contributed by atoms with van der Waals surface area (Å²) in [7, 11) is 0. The number of carbonyl (C=O) groups excluding carboxylic acids is 2. The fourth-order valence-corrected chi connectivity index (χ4v) is 2.13. The van der Waals surface area contributed by atoms with Crippen LogP contribution in [0.2, 0.25) is 0 Å². The van der Waals surface area contributed by atoms with Gasteiger partial charge in [0.2, 0.25) is 5.91 Å². The molecule has 0 spiro atoms. The highest BCUT2D eigenvalue weighted by atomic mass is 16.5. The molecule has 0 saturated heterocycles. The molecule has 0 radical (unpaired) electrons. The zero-order valence-corrected chi connectivity index (χ0v) is 13.1. The number of aliphatic hydroxyl groups is 1. The van der Waals surface area contributed by atoms with Crippen LogP contribution in [-0.4, -0.2) is 30.1 Å². The van der Waals surface area contributed by atoms with Crippen LogP contribution < -0.4 is 15.8 Å². The van der Waals surface area contributed by atoms with Crippen LogP contribution in [0.15, 0.2) is 54.6 Å². The van der Waals surface area contributed by atoms with E-state index in [1.807, 2.05) is 30.3 Å². The van der Waals surface area contributed by atoms with Gasteiger partial charge < -0.3 is 20.9 Å². The average Bonchev–Trinajstić information content (AvgIpc) is 2.60. The number of nitrogens with two attached hydrogens (primary N) is 1. The number of carbonyl (C=O) groups is 2. The molecule has 1 atom stereocenters. The minimum Gasteiger partial charge on any atom is -0.493 e. The van der Waals surface area contributed by atoms with Crippen LogP contribution in [-0.2, 0) is 4.79 Å². The van der Waals surface area contributed by atoms with Gasteiger partial charge in [-0.2, -0.15) is 0 Å². The SMILES string of the molecule is NC(=O)CNC(=O)c1cccc(OCC[C@H](O)c2ccccc2)c1. The van der Waals surface area contributed by atoms with Crippen molar-refractivity contribution in [1.82, 2.24) is 5.32 Å². The highest BCUT2D eigenvalue weighted by molar-refractivity contribution is 5.96. The van der Waals surface area contributed by atoms with Gasteiger partial charge in [0.15, 0.2) is 0 Å². The molecule has 126 valence electrons. The van der Waals surface area contributed by atoms with Gasteiger partial charge in [-0.15, -0.1) is 0 Å². The van der Waals surface area contributed by atoms with E-state index in [1.54, 1.807) is 24.3 Å². The van der Waals surface area contributed by atoms with E-state index < -0.39 is 17.9 Å². The van der Waals surface area contributed by atoms with Gasteiger partial charge in [0.1, 0.15) is 5.75 Å². The van der Waals surface area contributed by atoms with Gasteiger partial charge >= 0.3 is 0 Å². The van der Waals surface area contributed by atoms with E-state index in [2.05, 4.69) is 5.32 Å². The van der Waals surface area contributed by atoms with Gasteiger partial charge in [0.05, 0.1) is 19.3 Å². The first kappa shape index (κ1) is 17.5.